The van der Waals surface area contributed by atoms with E-state index in [0.29, 0.717) is 46.4 Å². The van der Waals surface area contributed by atoms with Gasteiger partial charge in [0.15, 0.2) is 0 Å². The van der Waals surface area contributed by atoms with Crippen molar-refractivity contribution < 1.29 is 4.79 Å². The number of nitrogens with zero attached hydrogens (tertiary/aromatic N) is 4. The third-order valence-electron chi connectivity index (χ3n) is 6.10. The fourth-order valence-electron chi connectivity index (χ4n) is 4.18. The van der Waals surface area contributed by atoms with Crippen molar-refractivity contribution in [2.45, 2.75) is 31.9 Å². The molecular weight excluding hydrogens is 420 g/mol. The topological polar surface area (TPSA) is 112 Å². The first-order valence-corrected chi connectivity index (χ1v) is 11.7. The minimum absolute atomic E-state index is 0.00258. The fraction of sp³-hybridized carbons (Fsp3) is 0.375. The van der Waals surface area contributed by atoms with Gasteiger partial charge in [0, 0.05) is 43.2 Å². The molecule has 0 bridgehead atoms. The third kappa shape index (κ3) is 4.26. The van der Waals surface area contributed by atoms with Crippen LogP contribution in [0.15, 0.2) is 47.1 Å². The third-order valence-corrected chi connectivity index (χ3v) is 7.39. The van der Waals surface area contributed by atoms with Crippen molar-refractivity contribution in [3.8, 4) is 6.07 Å². The second-order valence-corrected chi connectivity index (χ2v) is 9.82. The van der Waals surface area contributed by atoms with Crippen LogP contribution in [0.3, 0.4) is 0 Å². The number of nitriles is 1. The summed E-state index contributed by atoms with van der Waals surface area (Å²) in [6, 6.07) is 11.4. The van der Waals surface area contributed by atoms with Crippen molar-refractivity contribution in [3.63, 3.8) is 0 Å². The summed E-state index contributed by atoms with van der Waals surface area (Å²) >= 11 is 1.44. The van der Waals surface area contributed by atoms with Gasteiger partial charge in [0.2, 0.25) is 0 Å². The zero-order valence-corrected chi connectivity index (χ0v) is 19.2. The van der Waals surface area contributed by atoms with E-state index in [2.05, 4.69) is 35.0 Å². The summed E-state index contributed by atoms with van der Waals surface area (Å²) in [5, 5.41) is 9.53. The molecule has 2 atom stereocenters. The number of anilines is 3. The number of nitrogen functional groups attached to an aromatic ring is 1. The summed E-state index contributed by atoms with van der Waals surface area (Å²) in [6.45, 7) is 6.82. The highest BCUT2D eigenvalue weighted by Crippen LogP contribution is 2.40. The van der Waals surface area contributed by atoms with Gasteiger partial charge in [0.1, 0.15) is 11.9 Å². The van der Waals surface area contributed by atoms with E-state index in [9.17, 15) is 10.1 Å². The molecule has 32 heavy (non-hydrogen) atoms. The lowest BCUT2D eigenvalue weighted by Crippen LogP contribution is -2.38. The Hall–Kier alpha value is -3.18. The fourth-order valence-corrected chi connectivity index (χ4v) is 5.27. The van der Waals surface area contributed by atoms with Gasteiger partial charge >= 0.3 is 0 Å². The maximum absolute atomic E-state index is 13.3. The average Bonchev–Trinajstić information content (AvgIpc) is 3.23. The lowest BCUT2D eigenvalue weighted by Gasteiger charge is -2.30. The molecule has 1 saturated heterocycles. The van der Waals surface area contributed by atoms with Gasteiger partial charge in [-0.2, -0.15) is 5.26 Å². The van der Waals surface area contributed by atoms with Crippen molar-refractivity contribution in [3.05, 3.63) is 58.3 Å². The lowest BCUT2D eigenvalue weighted by molar-refractivity contribution is -0.114. The highest BCUT2D eigenvalue weighted by molar-refractivity contribution is 8.04. The normalized spacial score (nSPS) is 19.9. The largest absolute Gasteiger partial charge is 0.401 e. The van der Waals surface area contributed by atoms with E-state index in [4.69, 9.17) is 11.5 Å². The number of aromatic nitrogens is 1. The molecule has 7 nitrogen and oxygen atoms in total. The van der Waals surface area contributed by atoms with Crippen molar-refractivity contribution in [2.75, 3.05) is 35.2 Å². The number of amides is 1. The summed E-state index contributed by atoms with van der Waals surface area (Å²) in [7, 11) is 0. The predicted octanol–water partition coefficient (Wildman–Crippen LogP) is 3.78. The summed E-state index contributed by atoms with van der Waals surface area (Å²) < 4.78 is 0. The van der Waals surface area contributed by atoms with Crippen LogP contribution in [-0.2, 0) is 4.79 Å². The van der Waals surface area contributed by atoms with Crippen LogP contribution < -0.4 is 21.3 Å². The molecule has 4 N–H and O–H groups in total. The van der Waals surface area contributed by atoms with Gasteiger partial charge in [-0.25, -0.2) is 4.98 Å². The first-order chi connectivity index (χ1) is 15.4. The van der Waals surface area contributed by atoms with E-state index < -0.39 is 0 Å². The first-order valence-electron chi connectivity index (χ1n) is 10.9. The zero-order chi connectivity index (χ0) is 22.8. The highest BCUT2D eigenvalue weighted by Gasteiger charge is 2.31. The molecule has 4 rings (SSSR count). The van der Waals surface area contributed by atoms with Crippen LogP contribution >= 0.6 is 11.8 Å². The number of carbonyl (C=O) groups is 1. The Labute approximate surface area is 193 Å². The van der Waals surface area contributed by atoms with Gasteiger partial charge in [-0.3, -0.25) is 4.79 Å². The second-order valence-electron chi connectivity index (χ2n) is 8.46. The van der Waals surface area contributed by atoms with Gasteiger partial charge in [-0.05, 0) is 43.0 Å². The smallest absolute Gasteiger partial charge is 0.266 e. The molecule has 1 aromatic heterocycles. The predicted molar refractivity (Wildman–Crippen MR) is 130 cm³/mol. The number of hydrogen-bond donors (Lipinski definition) is 2. The van der Waals surface area contributed by atoms with Gasteiger partial charge in [-0.1, -0.05) is 19.1 Å². The summed E-state index contributed by atoms with van der Waals surface area (Å²) in [5.74, 6) is 1.51. The second kappa shape index (κ2) is 9.13. The molecule has 0 radical (unpaired) electrons. The van der Waals surface area contributed by atoms with E-state index in [1.54, 1.807) is 23.1 Å². The van der Waals surface area contributed by atoms with Crippen molar-refractivity contribution in [2.24, 2.45) is 11.7 Å². The molecule has 1 fully saturated rings. The van der Waals surface area contributed by atoms with E-state index >= 15 is 0 Å². The maximum Gasteiger partial charge on any atom is 0.266 e. The van der Waals surface area contributed by atoms with Gasteiger partial charge in [0.25, 0.3) is 5.91 Å². The molecule has 0 spiro atoms. The van der Waals surface area contributed by atoms with Crippen LogP contribution in [0.25, 0.3) is 0 Å². The molecule has 2 aliphatic heterocycles. The van der Waals surface area contributed by atoms with Crippen molar-refractivity contribution >= 4 is 34.9 Å². The SMILES string of the molecule is CC1CCN(c2ccc(C(C)SC3=C(N)CCN(c4cccc(N)c4C#N)C3=O)cn2)C1. The van der Waals surface area contributed by atoms with E-state index in [-0.39, 0.29) is 11.2 Å². The minimum atomic E-state index is -0.191. The van der Waals surface area contributed by atoms with Gasteiger partial charge in [-0.15, -0.1) is 11.8 Å². The standard InChI is InChI=1S/C24H28N6OS/c1-15-8-10-29(14-15)22-7-6-17(13-28-22)16(2)32-23-20(27)9-11-30(24(23)31)21-5-3-4-19(26)18(21)12-25/h3-7,13,15-16H,8-11,14,26-27H2,1-2H3. The average molecular weight is 449 g/mol. The number of carbonyl (C=O) groups excluding carboxylic acids is 1. The lowest BCUT2D eigenvalue weighted by atomic mass is 10.1. The molecule has 0 aliphatic carbocycles. The molecule has 2 aromatic rings. The minimum Gasteiger partial charge on any atom is -0.401 e. The van der Waals surface area contributed by atoms with Crippen molar-refractivity contribution in [1.29, 1.82) is 5.26 Å². The van der Waals surface area contributed by atoms with Gasteiger partial charge < -0.3 is 21.3 Å². The Morgan fingerprint density at radius 1 is 1.25 bits per heavy atom. The Balaban J connectivity index is 1.51. The Morgan fingerprint density at radius 3 is 2.72 bits per heavy atom. The van der Waals surface area contributed by atoms with Crippen LogP contribution in [0.4, 0.5) is 17.2 Å². The molecule has 1 amide bonds. The molecule has 166 valence electrons. The first kappa shape index (κ1) is 22.0. The summed E-state index contributed by atoms with van der Waals surface area (Å²) in [4.78, 5) is 22.4. The molecule has 0 saturated carbocycles. The van der Waals surface area contributed by atoms with Gasteiger partial charge in [0.05, 0.1) is 21.8 Å². The molecule has 3 heterocycles. The van der Waals surface area contributed by atoms with E-state index in [1.165, 1.54) is 18.2 Å². The van der Waals surface area contributed by atoms with Crippen LogP contribution in [-0.4, -0.2) is 30.5 Å². The zero-order valence-electron chi connectivity index (χ0n) is 18.4. The molecule has 8 heteroatoms. The number of benzene rings is 1. The molecule has 1 aromatic carbocycles. The number of rotatable bonds is 5. The molecule has 2 aliphatic rings. The quantitative estimate of drug-likeness (QED) is 0.669. The summed E-state index contributed by atoms with van der Waals surface area (Å²) in [6.07, 6.45) is 3.64. The van der Waals surface area contributed by atoms with E-state index in [1.807, 2.05) is 13.1 Å². The van der Waals surface area contributed by atoms with E-state index in [0.717, 1.165) is 24.5 Å². The highest BCUT2D eigenvalue weighted by atomic mass is 32.2. The van der Waals surface area contributed by atoms with Crippen LogP contribution in [0, 0.1) is 17.2 Å². The van der Waals surface area contributed by atoms with Crippen LogP contribution in [0.1, 0.15) is 43.1 Å². The summed E-state index contributed by atoms with van der Waals surface area (Å²) in [5.41, 5.74) is 15.0. The maximum atomic E-state index is 13.3. The monoisotopic (exact) mass is 448 g/mol. The number of nitrogens with two attached hydrogens (primary N) is 2. The Kier molecular flexibility index (Phi) is 6.28. The van der Waals surface area contributed by atoms with Crippen LogP contribution in [0.5, 0.6) is 0 Å². The van der Waals surface area contributed by atoms with Crippen molar-refractivity contribution in [1.82, 2.24) is 4.98 Å². The number of pyridine rings is 1. The molecule has 2 unspecified atom stereocenters. The Morgan fingerprint density at radius 2 is 2.06 bits per heavy atom. The van der Waals surface area contributed by atoms with Crippen LogP contribution in [0.2, 0.25) is 0 Å². The Bertz CT molecular complexity index is 1090. The number of hydrogen-bond acceptors (Lipinski definition) is 7. The molecular formula is C24H28N6OS. The number of thioether (sulfide) groups is 1.